The van der Waals surface area contributed by atoms with E-state index in [0.717, 1.165) is 10.9 Å². The molecule has 1 aromatic heterocycles. The number of nitrogen functional groups attached to an aromatic ring is 1. The minimum absolute atomic E-state index is 0.0496. The maximum atomic E-state index is 11.0. The van der Waals surface area contributed by atoms with E-state index in [0.29, 0.717) is 17.8 Å². The normalized spacial score (nSPS) is 10.7. The summed E-state index contributed by atoms with van der Waals surface area (Å²) in [6.45, 7) is 0.398. The van der Waals surface area contributed by atoms with Gasteiger partial charge >= 0.3 is 0 Å². The van der Waals surface area contributed by atoms with Gasteiger partial charge in [-0.25, -0.2) is 0 Å². The molecule has 0 fully saturated rings. The van der Waals surface area contributed by atoms with Crippen LogP contribution in [0.4, 0.5) is 11.4 Å². The molecule has 1 heterocycles. The fraction of sp³-hybridized carbons (Fsp3) is 0.0714. The summed E-state index contributed by atoms with van der Waals surface area (Å²) in [7, 11) is 0. The Morgan fingerprint density at radius 2 is 2.05 bits per heavy atom. The summed E-state index contributed by atoms with van der Waals surface area (Å²) >= 11 is 0. The highest BCUT2D eigenvalue weighted by molar-refractivity contribution is 5.78. The van der Waals surface area contributed by atoms with Crippen LogP contribution >= 0.6 is 0 Å². The molecule has 21 heavy (non-hydrogen) atoms. The minimum Gasteiger partial charge on any atom is -0.318 e. The highest BCUT2D eigenvalue weighted by Crippen LogP contribution is 2.28. The third kappa shape index (κ3) is 2.30. The van der Waals surface area contributed by atoms with Gasteiger partial charge in [0.05, 0.1) is 23.2 Å². The number of hydrogen-bond acceptors (Lipinski definition) is 5. The van der Waals surface area contributed by atoms with Crippen molar-refractivity contribution in [3.8, 4) is 0 Å². The lowest BCUT2D eigenvalue weighted by molar-refractivity contribution is -0.384. The van der Waals surface area contributed by atoms with Gasteiger partial charge < -0.3 is 5.43 Å². The first-order valence-corrected chi connectivity index (χ1v) is 6.34. The minimum atomic E-state index is -0.458. The summed E-state index contributed by atoms with van der Waals surface area (Å²) in [4.78, 5) is 10.6. The standard InChI is InChI=1S/C14H13N5O2/c15-17-14-11(5-3-7-13(14)19(20)21)9-18-12-6-2-1-4-10(12)8-16-18/h1-8,17H,9,15H2. The van der Waals surface area contributed by atoms with Gasteiger partial charge in [0.15, 0.2) is 0 Å². The molecule has 3 aromatic rings. The van der Waals surface area contributed by atoms with E-state index < -0.39 is 4.92 Å². The third-order valence-electron chi connectivity index (χ3n) is 3.34. The van der Waals surface area contributed by atoms with Gasteiger partial charge in [0.2, 0.25) is 0 Å². The number of nitro groups is 1. The predicted octanol–water partition coefficient (Wildman–Crippen LogP) is 2.28. The van der Waals surface area contributed by atoms with Crippen LogP contribution in [0, 0.1) is 10.1 Å². The Labute approximate surface area is 120 Å². The number of nitrogens with one attached hydrogen (secondary N) is 1. The summed E-state index contributed by atoms with van der Waals surface area (Å²) in [5, 5.41) is 16.4. The van der Waals surface area contributed by atoms with Crippen molar-refractivity contribution in [1.82, 2.24) is 9.78 Å². The second-order valence-corrected chi connectivity index (χ2v) is 4.57. The van der Waals surface area contributed by atoms with Crippen molar-refractivity contribution in [1.29, 1.82) is 0 Å². The van der Waals surface area contributed by atoms with E-state index in [9.17, 15) is 10.1 Å². The molecule has 0 aliphatic carbocycles. The second-order valence-electron chi connectivity index (χ2n) is 4.57. The molecule has 0 atom stereocenters. The van der Waals surface area contributed by atoms with E-state index in [1.807, 2.05) is 24.3 Å². The monoisotopic (exact) mass is 283 g/mol. The summed E-state index contributed by atoms with van der Waals surface area (Å²) < 4.78 is 1.79. The Morgan fingerprint density at radius 3 is 2.81 bits per heavy atom. The van der Waals surface area contributed by atoms with E-state index in [4.69, 9.17) is 5.84 Å². The number of benzene rings is 2. The molecular weight excluding hydrogens is 270 g/mol. The number of fused-ring (bicyclic) bond motifs is 1. The number of nitro benzene ring substituents is 1. The van der Waals surface area contributed by atoms with Crippen LogP contribution in [0.15, 0.2) is 48.7 Å². The van der Waals surface area contributed by atoms with Crippen molar-refractivity contribution in [2.45, 2.75) is 6.54 Å². The van der Waals surface area contributed by atoms with E-state index in [-0.39, 0.29) is 5.69 Å². The molecule has 0 unspecified atom stereocenters. The Balaban J connectivity index is 2.06. The van der Waals surface area contributed by atoms with Gasteiger partial charge in [0, 0.05) is 17.0 Å². The predicted molar refractivity (Wildman–Crippen MR) is 79.7 cm³/mol. The van der Waals surface area contributed by atoms with Crippen LogP contribution < -0.4 is 11.3 Å². The number of hydrazine groups is 1. The molecular formula is C14H13N5O2. The lowest BCUT2D eigenvalue weighted by atomic mass is 10.1. The van der Waals surface area contributed by atoms with Crippen LogP contribution in [0.3, 0.4) is 0 Å². The summed E-state index contributed by atoms with van der Waals surface area (Å²) in [5.74, 6) is 5.45. The first-order chi connectivity index (χ1) is 10.2. The largest absolute Gasteiger partial charge is 0.318 e. The van der Waals surface area contributed by atoms with Crippen LogP contribution in [0.25, 0.3) is 10.9 Å². The number of para-hydroxylation sites is 2. The third-order valence-corrected chi connectivity index (χ3v) is 3.34. The number of nitrogens with two attached hydrogens (primary N) is 1. The molecule has 0 amide bonds. The molecule has 3 rings (SSSR count). The zero-order valence-corrected chi connectivity index (χ0v) is 11.1. The van der Waals surface area contributed by atoms with Crippen LogP contribution in [0.5, 0.6) is 0 Å². The Kier molecular flexibility index (Phi) is 3.25. The summed E-state index contributed by atoms with van der Waals surface area (Å²) in [6, 6.07) is 12.6. The molecule has 0 saturated carbocycles. The highest BCUT2D eigenvalue weighted by atomic mass is 16.6. The first-order valence-electron chi connectivity index (χ1n) is 6.34. The van der Waals surface area contributed by atoms with Crippen molar-refractivity contribution >= 4 is 22.3 Å². The molecule has 0 bridgehead atoms. The molecule has 0 spiro atoms. The average Bonchev–Trinajstić information content (AvgIpc) is 2.90. The fourth-order valence-electron chi connectivity index (χ4n) is 2.35. The molecule has 0 aliphatic heterocycles. The van der Waals surface area contributed by atoms with Gasteiger partial charge in [-0.1, -0.05) is 30.3 Å². The SMILES string of the molecule is NNc1c(Cn2ncc3ccccc32)cccc1[N+](=O)[O-]. The smallest absolute Gasteiger partial charge is 0.293 e. The van der Waals surface area contributed by atoms with Gasteiger partial charge in [0.1, 0.15) is 5.69 Å². The van der Waals surface area contributed by atoms with Crippen LogP contribution in [0.2, 0.25) is 0 Å². The lowest BCUT2D eigenvalue weighted by Gasteiger charge is -2.10. The van der Waals surface area contributed by atoms with E-state index >= 15 is 0 Å². The van der Waals surface area contributed by atoms with Crippen molar-refractivity contribution in [3.05, 3.63) is 64.3 Å². The highest BCUT2D eigenvalue weighted by Gasteiger charge is 2.17. The van der Waals surface area contributed by atoms with Gasteiger partial charge in [-0.3, -0.25) is 20.6 Å². The molecule has 2 aromatic carbocycles. The van der Waals surface area contributed by atoms with Gasteiger partial charge in [-0.15, -0.1) is 0 Å². The van der Waals surface area contributed by atoms with Gasteiger partial charge in [-0.2, -0.15) is 5.10 Å². The van der Waals surface area contributed by atoms with Crippen LogP contribution in [-0.4, -0.2) is 14.7 Å². The van der Waals surface area contributed by atoms with Crippen molar-refractivity contribution < 1.29 is 4.92 Å². The van der Waals surface area contributed by atoms with Crippen molar-refractivity contribution in [2.24, 2.45) is 5.84 Å². The second kappa shape index (κ2) is 5.22. The van der Waals surface area contributed by atoms with Crippen LogP contribution in [0.1, 0.15) is 5.56 Å². The molecule has 3 N–H and O–H groups in total. The maximum Gasteiger partial charge on any atom is 0.293 e. The van der Waals surface area contributed by atoms with Crippen molar-refractivity contribution in [2.75, 3.05) is 5.43 Å². The first kappa shape index (κ1) is 13.1. The summed E-state index contributed by atoms with van der Waals surface area (Å²) in [6.07, 6.45) is 1.77. The topological polar surface area (TPSA) is 99.0 Å². The number of hydrogen-bond donors (Lipinski definition) is 2. The Bertz CT molecular complexity index is 812. The number of nitrogens with zero attached hydrogens (tertiary/aromatic N) is 3. The Morgan fingerprint density at radius 1 is 1.24 bits per heavy atom. The van der Waals surface area contributed by atoms with Crippen molar-refractivity contribution in [3.63, 3.8) is 0 Å². The average molecular weight is 283 g/mol. The zero-order chi connectivity index (χ0) is 14.8. The number of anilines is 1. The van der Waals surface area contributed by atoms with E-state index in [2.05, 4.69) is 10.5 Å². The molecule has 0 aliphatic rings. The van der Waals surface area contributed by atoms with E-state index in [1.54, 1.807) is 23.0 Å². The summed E-state index contributed by atoms with van der Waals surface area (Å²) in [5.41, 5.74) is 4.35. The zero-order valence-electron chi connectivity index (χ0n) is 11.1. The molecule has 0 radical (unpaired) electrons. The fourth-order valence-corrected chi connectivity index (χ4v) is 2.35. The molecule has 7 heteroatoms. The number of rotatable bonds is 4. The molecule has 106 valence electrons. The molecule has 7 nitrogen and oxygen atoms in total. The van der Waals surface area contributed by atoms with Crippen LogP contribution in [-0.2, 0) is 6.54 Å². The molecule has 0 saturated heterocycles. The van der Waals surface area contributed by atoms with E-state index in [1.165, 1.54) is 6.07 Å². The maximum absolute atomic E-state index is 11.0. The Hall–Kier alpha value is -2.93. The quantitative estimate of drug-likeness (QED) is 0.435. The number of aromatic nitrogens is 2. The van der Waals surface area contributed by atoms with Gasteiger partial charge in [0.25, 0.3) is 5.69 Å². The lowest BCUT2D eigenvalue weighted by Crippen LogP contribution is -2.13. The van der Waals surface area contributed by atoms with Gasteiger partial charge in [-0.05, 0) is 6.07 Å².